The molecule has 2 nitrogen and oxygen atoms in total. The first-order valence-electron chi connectivity index (χ1n) is 6.07. The van der Waals surface area contributed by atoms with Crippen LogP contribution < -0.4 is 10.1 Å². The Morgan fingerprint density at radius 2 is 1.95 bits per heavy atom. The summed E-state index contributed by atoms with van der Waals surface area (Å²) >= 11 is 0. The Morgan fingerprint density at radius 1 is 1.30 bits per heavy atom. The highest BCUT2D eigenvalue weighted by Crippen LogP contribution is 2.38. The zero-order chi connectivity index (χ0) is 15.3. The molecule has 7 heteroatoms. The van der Waals surface area contributed by atoms with E-state index >= 15 is 0 Å². The third kappa shape index (κ3) is 3.59. The average molecular weight is 297 g/mol. The van der Waals surface area contributed by atoms with Crippen molar-refractivity contribution in [2.45, 2.75) is 31.7 Å². The van der Waals surface area contributed by atoms with Crippen LogP contribution >= 0.6 is 0 Å². The SMILES string of the molecule is CCCNC(c1ccc(OC)cc1F)C(F)(F)C(F)F. The van der Waals surface area contributed by atoms with Gasteiger partial charge < -0.3 is 10.1 Å². The summed E-state index contributed by atoms with van der Waals surface area (Å²) in [6.07, 6.45) is -3.44. The summed E-state index contributed by atoms with van der Waals surface area (Å²) in [4.78, 5) is 0. The maximum absolute atomic E-state index is 13.8. The van der Waals surface area contributed by atoms with E-state index in [-0.39, 0.29) is 12.3 Å². The lowest BCUT2D eigenvalue weighted by atomic mass is 9.99. The van der Waals surface area contributed by atoms with Gasteiger partial charge in [0.15, 0.2) is 0 Å². The number of ether oxygens (including phenoxy) is 1. The van der Waals surface area contributed by atoms with Gasteiger partial charge in [-0.25, -0.2) is 13.2 Å². The molecule has 1 aromatic rings. The monoisotopic (exact) mass is 297 g/mol. The van der Waals surface area contributed by atoms with Crippen molar-refractivity contribution in [1.29, 1.82) is 0 Å². The van der Waals surface area contributed by atoms with Crippen molar-refractivity contribution in [3.05, 3.63) is 29.6 Å². The summed E-state index contributed by atoms with van der Waals surface area (Å²) in [5.74, 6) is -5.26. The second kappa shape index (κ2) is 6.88. The molecule has 0 aliphatic carbocycles. The Kier molecular flexibility index (Phi) is 5.74. The third-order valence-electron chi connectivity index (χ3n) is 2.79. The van der Waals surface area contributed by atoms with Crippen molar-refractivity contribution >= 4 is 0 Å². The molecular weight excluding hydrogens is 281 g/mol. The largest absolute Gasteiger partial charge is 0.497 e. The molecule has 0 aliphatic heterocycles. The predicted octanol–water partition coefficient (Wildman–Crippen LogP) is 3.78. The van der Waals surface area contributed by atoms with Gasteiger partial charge in [0.25, 0.3) is 0 Å². The molecule has 114 valence electrons. The van der Waals surface area contributed by atoms with Crippen LogP contribution in [0, 0.1) is 5.82 Å². The fourth-order valence-corrected chi connectivity index (χ4v) is 1.74. The lowest BCUT2D eigenvalue weighted by Crippen LogP contribution is -2.43. The molecule has 0 saturated carbocycles. The molecular formula is C13H16F5NO. The normalized spacial score (nSPS) is 13.6. The Labute approximate surface area is 113 Å². The van der Waals surface area contributed by atoms with Crippen LogP contribution in [0.25, 0.3) is 0 Å². The van der Waals surface area contributed by atoms with Gasteiger partial charge in [-0.2, -0.15) is 8.78 Å². The van der Waals surface area contributed by atoms with Gasteiger partial charge in [0, 0.05) is 11.6 Å². The van der Waals surface area contributed by atoms with Crippen LogP contribution in [-0.2, 0) is 0 Å². The van der Waals surface area contributed by atoms with Gasteiger partial charge in [0.1, 0.15) is 17.6 Å². The number of hydrogen-bond donors (Lipinski definition) is 1. The first kappa shape index (κ1) is 16.7. The van der Waals surface area contributed by atoms with Crippen LogP contribution in [-0.4, -0.2) is 26.0 Å². The second-order valence-corrected chi connectivity index (χ2v) is 4.25. The minimum absolute atomic E-state index is 0.0679. The molecule has 1 N–H and O–H groups in total. The van der Waals surface area contributed by atoms with Crippen molar-refractivity contribution in [1.82, 2.24) is 5.32 Å². The van der Waals surface area contributed by atoms with Gasteiger partial charge in [0.05, 0.1) is 7.11 Å². The van der Waals surface area contributed by atoms with Gasteiger partial charge in [-0.3, -0.25) is 0 Å². The van der Waals surface area contributed by atoms with E-state index in [1.165, 1.54) is 13.2 Å². The fraction of sp³-hybridized carbons (Fsp3) is 0.538. The van der Waals surface area contributed by atoms with E-state index in [1.54, 1.807) is 6.92 Å². The summed E-state index contributed by atoms with van der Waals surface area (Å²) in [6, 6.07) is 1.07. The second-order valence-electron chi connectivity index (χ2n) is 4.25. The van der Waals surface area contributed by atoms with Gasteiger partial charge in [-0.1, -0.05) is 13.0 Å². The molecule has 1 rings (SSSR count). The molecule has 1 unspecified atom stereocenters. The maximum Gasteiger partial charge on any atom is 0.326 e. The minimum Gasteiger partial charge on any atom is -0.497 e. The molecule has 0 saturated heterocycles. The van der Waals surface area contributed by atoms with Crippen LogP contribution in [0.15, 0.2) is 18.2 Å². The zero-order valence-corrected chi connectivity index (χ0v) is 11.1. The maximum atomic E-state index is 13.8. The zero-order valence-electron chi connectivity index (χ0n) is 11.1. The molecule has 0 spiro atoms. The first-order chi connectivity index (χ1) is 9.34. The number of rotatable bonds is 7. The van der Waals surface area contributed by atoms with E-state index in [9.17, 15) is 22.0 Å². The van der Waals surface area contributed by atoms with Crippen LogP contribution in [0.5, 0.6) is 5.75 Å². The Balaban J connectivity index is 3.17. The summed E-state index contributed by atoms with van der Waals surface area (Å²) in [5, 5.41) is 2.27. The van der Waals surface area contributed by atoms with Gasteiger partial charge in [0.2, 0.25) is 0 Å². The lowest BCUT2D eigenvalue weighted by molar-refractivity contribution is -0.152. The highest BCUT2D eigenvalue weighted by molar-refractivity contribution is 5.32. The van der Waals surface area contributed by atoms with Gasteiger partial charge in [-0.05, 0) is 19.0 Å². The summed E-state index contributed by atoms with van der Waals surface area (Å²) in [5.41, 5.74) is -0.510. The van der Waals surface area contributed by atoms with Crippen LogP contribution in [0.4, 0.5) is 22.0 Å². The number of benzene rings is 1. The highest BCUT2D eigenvalue weighted by atomic mass is 19.3. The summed E-state index contributed by atoms with van der Waals surface area (Å²) < 4.78 is 70.7. The molecule has 0 fully saturated rings. The van der Waals surface area contributed by atoms with Crippen molar-refractivity contribution in [2.24, 2.45) is 0 Å². The van der Waals surface area contributed by atoms with Gasteiger partial charge >= 0.3 is 12.3 Å². The molecule has 0 bridgehead atoms. The molecule has 0 heterocycles. The molecule has 20 heavy (non-hydrogen) atoms. The summed E-state index contributed by atoms with van der Waals surface area (Å²) in [7, 11) is 1.29. The van der Waals surface area contributed by atoms with E-state index in [0.29, 0.717) is 6.42 Å². The third-order valence-corrected chi connectivity index (χ3v) is 2.79. The summed E-state index contributed by atoms with van der Waals surface area (Å²) in [6.45, 7) is 1.76. The molecule has 0 aliphatic rings. The number of alkyl halides is 4. The van der Waals surface area contributed by atoms with E-state index in [0.717, 1.165) is 12.1 Å². The van der Waals surface area contributed by atoms with E-state index in [4.69, 9.17) is 4.74 Å². The van der Waals surface area contributed by atoms with Gasteiger partial charge in [-0.15, -0.1) is 0 Å². The van der Waals surface area contributed by atoms with Crippen molar-refractivity contribution in [3.8, 4) is 5.75 Å². The molecule has 0 aromatic heterocycles. The average Bonchev–Trinajstić information content (AvgIpc) is 2.40. The van der Waals surface area contributed by atoms with E-state index in [1.807, 2.05) is 0 Å². The smallest absolute Gasteiger partial charge is 0.326 e. The Bertz CT molecular complexity index is 439. The molecule has 1 aromatic carbocycles. The molecule has 0 radical (unpaired) electrons. The van der Waals surface area contributed by atoms with Crippen molar-refractivity contribution in [3.63, 3.8) is 0 Å². The highest BCUT2D eigenvalue weighted by Gasteiger charge is 2.50. The van der Waals surface area contributed by atoms with Crippen LogP contribution in [0.1, 0.15) is 24.9 Å². The number of nitrogens with one attached hydrogen (secondary N) is 1. The number of methoxy groups -OCH3 is 1. The van der Waals surface area contributed by atoms with Crippen LogP contribution in [0.3, 0.4) is 0 Å². The van der Waals surface area contributed by atoms with Crippen LogP contribution in [0.2, 0.25) is 0 Å². The predicted molar refractivity (Wildman–Crippen MR) is 64.9 cm³/mol. The minimum atomic E-state index is -4.37. The van der Waals surface area contributed by atoms with Crippen molar-refractivity contribution < 1.29 is 26.7 Å². The molecule has 1 atom stereocenters. The first-order valence-corrected chi connectivity index (χ1v) is 6.07. The quantitative estimate of drug-likeness (QED) is 0.773. The fourth-order valence-electron chi connectivity index (χ4n) is 1.74. The van der Waals surface area contributed by atoms with E-state index in [2.05, 4.69) is 5.32 Å². The Morgan fingerprint density at radius 3 is 2.40 bits per heavy atom. The standard InChI is InChI=1S/C13H16F5NO/c1-3-6-19-11(13(17,18)12(15)16)9-5-4-8(20-2)7-10(9)14/h4-5,7,11-12,19H,3,6H2,1-2H3. The lowest BCUT2D eigenvalue weighted by Gasteiger charge is -2.28. The molecule has 0 amide bonds. The van der Waals surface area contributed by atoms with Crippen molar-refractivity contribution in [2.75, 3.05) is 13.7 Å². The number of halogens is 5. The topological polar surface area (TPSA) is 21.3 Å². The van der Waals surface area contributed by atoms with E-state index < -0.39 is 29.8 Å². The number of hydrogen-bond acceptors (Lipinski definition) is 2. The Hall–Kier alpha value is -1.37.